The summed E-state index contributed by atoms with van der Waals surface area (Å²) in [5.41, 5.74) is 14.0. The smallest absolute Gasteiger partial charge is 0.0462 e. The van der Waals surface area contributed by atoms with Crippen LogP contribution in [0.2, 0.25) is 0 Å². The summed E-state index contributed by atoms with van der Waals surface area (Å²) in [6.07, 6.45) is 0. The van der Waals surface area contributed by atoms with Crippen molar-refractivity contribution in [2.45, 2.75) is 0 Å². The molecule has 0 unspecified atom stereocenters. The van der Waals surface area contributed by atoms with Gasteiger partial charge in [0.15, 0.2) is 0 Å². The summed E-state index contributed by atoms with van der Waals surface area (Å²) < 4.78 is 0. The molecule has 0 saturated carbocycles. The lowest BCUT2D eigenvalue weighted by molar-refractivity contribution is 1.28. The maximum absolute atomic E-state index is 2.44. The van der Waals surface area contributed by atoms with Crippen molar-refractivity contribution in [3.63, 3.8) is 0 Å². The van der Waals surface area contributed by atoms with Crippen LogP contribution in [0.3, 0.4) is 0 Å². The van der Waals surface area contributed by atoms with Crippen molar-refractivity contribution in [2.24, 2.45) is 0 Å². The van der Waals surface area contributed by atoms with Gasteiger partial charge in [0.25, 0.3) is 0 Å². The van der Waals surface area contributed by atoms with Crippen molar-refractivity contribution in [3.8, 4) is 43.1 Å². The van der Waals surface area contributed by atoms with E-state index in [0.29, 0.717) is 0 Å². The second-order valence-corrected chi connectivity index (χ2v) is 18.0. The lowest BCUT2D eigenvalue weighted by Gasteiger charge is -2.26. The molecule has 67 heavy (non-hydrogen) atoms. The van der Waals surface area contributed by atoms with Gasteiger partial charge in [0.1, 0.15) is 0 Å². The van der Waals surface area contributed by atoms with Gasteiger partial charge in [-0.25, -0.2) is 0 Å². The van der Waals surface area contributed by atoms with Gasteiger partial charge in [-0.2, -0.15) is 0 Å². The van der Waals surface area contributed by atoms with Gasteiger partial charge in [0, 0.05) is 43.9 Å². The van der Waals surface area contributed by atoms with Gasteiger partial charge in [-0.3, -0.25) is 0 Å². The fourth-order valence-corrected chi connectivity index (χ4v) is 10.7. The standard InChI is InChI=1S/C64H44N2S/c1-5-19-51(20-6-1)65(52-21-7-2-8-22-52)55-36-31-46(32-37-55)63-57-27-15-16-28-58(57)64(47-33-38-56(39-34-47)66(53-23-9-3-10-24-53)54-25-11-4-12-26-54)60-44-50(35-40-59(60)63)62-42-41-61(67-62)49-30-29-45-17-13-14-18-48(45)43-49/h1-44H. The Labute approximate surface area is 395 Å². The van der Waals surface area contributed by atoms with Crippen LogP contribution in [0.25, 0.3) is 75.5 Å². The van der Waals surface area contributed by atoms with Gasteiger partial charge in [-0.1, -0.05) is 170 Å². The van der Waals surface area contributed by atoms with Crippen LogP contribution in [0.1, 0.15) is 0 Å². The van der Waals surface area contributed by atoms with E-state index in [9.17, 15) is 0 Å². The molecule has 0 saturated heterocycles. The van der Waals surface area contributed by atoms with Crippen molar-refractivity contribution < 1.29 is 0 Å². The molecule has 12 aromatic rings. The first-order chi connectivity index (χ1) is 33.2. The molecule has 0 atom stereocenters. The molecule has 0 aliphatic heterocycles. The average Bonchev–Trinajstić information content (AvgIpc) is 3.91. The molecule has 1 heterocycles. The number of para-hydroxylation sites is 4. The Kier molecular flexibility index (Phi) is 10.4. The SMILES string of the molecule is c1ccc(N(c2ccccc2)c2ccc(-c3c4ccccc4c(-c4ccc(N(c5ccccc5)c5ccccc5)cc4)c4cc(-c5ccc(-c6ccc7ccccc7c6)s5)ccc34)cc2)cc1. The number of anilines is 6. The summed E-state index contributed by atoms with van der Waals surface area (Å²) in [4.78, 5) is 7.15. The summed E-state index contributed by atoms with van der Waals surface area (Å²) in [6.45, 7) is 0. The maximum atomic E-state index is 2.44. The van der Waals surface area contributed by atoms with Gasteiger partial charge < -0.3 is 9.80 Å². The number of hydrogen-bond donors (Lipinski definition) is 0. The molecule has 0 aliphatic carbocycles. The number of fused-ring (bicyclic) bond motifs is 3. The topological polar surface area (TPSA) is 6.48 Å². The van der Waals surface area contributed by atoms with E-state index in [4.69, 9.17) is 0 Å². The summed E-state index contributed by atoms with van der Waals surface area (Å²) in [6, 6.07) is 96.8. The number of thiophene rings is 1. The van der Waals surface area contributed by atoms with Gasteiger partial charge in [-0.05, 0) is 163 Å². The van der Waals surface area contributed by atoms with Crippen LogP contribution in [0.4, 0.5) is 34.1 Å². The highest BCUT2D eigenvalue weighted by Crippen LogP contribution is 2.47. The molecule has 12 rings (SSSR count). The minimum Gasteiger partial charge on any atom is -0.311 e. The molecule has 316 valence electrons. The highest BCUT2D eigenvalue weighted by Gasteiger charge is 2.20. The molecule has 0 amide bonds. The fourth-order valence-electron chi connectivity index (χ4n) is 9.70. The van der Waals surface area contributed by atoms with Crippen molar-refractivity contribution in [2.75, 3.05) is 9.80 Å². The van der Waals surface area contributed by atoms with E-state index in [1.54, 1.807) is 0 Å². The Balaban J connectivity index is 1.03. The van der Waals surface area contributed by atoms with E-state index >= 15 is 0 Å². The van der Waals surface area contributed by atoms with Crippen LogP contribution in [0, 0.1) is 0 Å². The third-order valence-electron chi connectivity index (χ3n) is 12.8. The fraction of sp³-hybridized carbons (Fsp3) is 0. The predicted octanol–water partition coefficient (Wildman–Crippen LogP) is 18.8. The number of hydrogen-bond acceptors (Lipinski definition) is 3. The number of rotatable bonds is 10. The highest BCUT2D eigenvalue weighted by atomic mass is 32.1. The van der Waals surface area contributed by atoms with Crippen LogP contribution in [-0.2, 0) is 0 Å². The molecule has 0 spiro atoms. The van der Waals surface area contributed by atoms with E-state index in [1.807, 2.05) is 11.3 Å². The largest absolute Gasteiger partial charge is 0.311 e. The van der Waals surface area contributed by atoms with Gasteiger partial charge in [-0.15, -0.1) is 11.3 Å². The molecule has 0 bridgehead atoms. The molecule has 2 nitrogen and oxygen atoms in total. The number of benzene rings is 11. The molecule has 11 aromatic carbocycles. The molecule has 0 N–H and O–H groups in total. The Morgan fingerprint density at radius 2 is 0.567 bits per heavy atom. The van der Waals surface area contributed by atoms with E-state index in [2.05, 4.69) is 277 Å². The average molecular weight is 873 g/mol. The van der Waals surface area contributed by atoms with Gasteiger partial charge in [0.05, 0.1) is 0 Å². The van der Waals surface area contributed by atoms with Gasteiger partial charge >= 0.3 is 0 Å². The van der Waals surface area contributed by atoms with Crippen molar-refractivity contribution >= 4 is 77.8 Å². The molecular formula is C64H44N2S. The molecule has 3 heteroatoms. The first-order valence-electron chi connectivity index (χ1n) is 22.8. The Morgan fingerprint density at radius 3 is 1.04 bits per heavy atom. The lowest BCUT2D eigenvalue weighted by atomic mass is 9.85. The van der Waals surface area contributed by atoms with Crippen LogP contribution in [0.5, 0.6) is 0 Å². The quantitative estimate of drug-likeness (QED) is 0.126. The molecule has 1 aromatic heterocycles. The maximum Gasteiger partial charge on any atom is 0.0462 e. The van der Waals surface area contributed by atoms with Gasteiger partial charge in [0.2, 0.25) is 0 Å². The van der Waals surface area contributed by atoms with Crippen LogP contribution in [0.15, 0.2) is 267 Å². The monoisotopic (exact) mass is 872 g/mol. The molecule has 0 radical (unpaired) electrons. The Morgan fingerprint density at radius 1 is 0.224 bits per heavy atom. The Bertz CT molecular complexity index is 3580. The first-order valence-corrected chi connectivity index (χ1v) is 23.6. The predicted molar refractivity (Wildman–Crippen MR) is 288 cm³/mol. The van der Waals surface area contributed by atoms with Crippen LogP contribution >= 0.6 is 11.3 Å². The zero-order valence-corrected chi connectivity index (χ0v) is 37.5. The van der Waals surface area contributed by atoms with Crippen molar-refractivity contribution in [1.29, 1.82) is 0 Å². The van der Waals surface area contributed by atoms with E-state index < -0.39 is 0 Å². The molecule has 0 aliphatic rings. The van der Waals surface area contributed by atoms with E-state index in [1.165, 1.54) is 75.5 Å². The van der Waals surface area contributed by atoms with Crippen LogP contribution in [-0.4, -0.2) is 0 Å². The first kappa shape index (κ1) is 40.0. The molecule has 0 fully saturated rings. The van der Waals surface area contributed by atoms with Crippen molar-refractivity contribution in [3.05, 3.63) is 267 Å². The second-order valence-electron chi connectivity index (χ2n) is 16.9. The third kappa shape index (κ3) is 7.62. The summed E-state index contributed by atoms with van der Waals surface area (Å²) in [7, 11) is 0. The zero-order chi connectivity index (χ0) is 44.5. The minimum atomic E-state index is 1.10. The normalized spacial score (nSPS) is 11.3. The summed E-state index contributed by atoms with van der Waals surface area (Å²) >= 11 is 1.85. The second kappa shape index (κ2) is 17.5. The summed E-state index contributed by atoms with van der Waals surface area (Å²) in [5, 5.41) is 7.41. The highest BCUT2D eigenvalue weighted by molar-refractivity contribution is 7.18. The Hall–Kier alpha value is -8.50. The third-order valence-corrected chi connectivity index (χ3v) is 14.0. The van der Waals surface area contributed by atoms with Crippen molar-refractivity contribution in [1.82, 2.24) is 0 Å². The van der Waals surface area contributed by atoms with Crippen LogP contribution < -0.4 is 9.80 Å². The summed E-state index contributed by atoms with van der Waals surface area (Å²) in [5.74, 6) is 0. The zero-order valence-electron chi connectivity index (χ0n) is 36.7. The molecular weight excluding hydrogens is 829 g/mol. The minimum absolute atomic E-state index is 1.10. The van der Waals surface area contributed by atoms with E-state index in [0.717, 1.165) is 34.1 Å². The number of nitrogens with zero attached hydrogens (tertiary/aromatic N) is 2. The lowest BCUT2D eigenvalue weighted by Crippen LogP contribution is -2.09. The van der Waals surface area contributed by atoms with E-state index in [-0.39, 0.29) is 0 Å².